The average Bonchev–Trinajstić information content (AvgIpc) is 2.79. The van der Waals surface area contributed by atoms with Crippen molar-refractivity contribution in [3.8, 4) is 0 Å². The van der Waals surface area contributed by atoms with Gasteiger partial charge in [-0.15, -0.1) is 0 Å². The molecule has 0 atom stereocenters. The molecule has 2 aromatic carbocycles. The molecule has 1 heterocycles. The van der Waals surface area contributed by atoms with Gasteiger partial charge in [0.05, 0.1) is 11.2 Å². The van der Waals surface area contributed by atoms with Gasteiger partial charge in [-0.1, -0.05) is 36.4 Å². The molecule has 96 valence electrons. The molecule has 1 aromatic heterocycles. The number of para-hydroxylation sites is 1. The Labute approximate surface area is 112 Å². The van der Waals surface area contributed by atoms with Crippen LogP contribution in [0.15, 0.2) is 48.5 Å². The number of anilines is 1. The normalized spacial score (nSPS) is 11.0. The minimum Gasteiger partial charge on any atom is -0.397 e. The van der Waals surface area contributed by atoms with E-state index in [2.05, 4.69) is 41.8 Å². The molecule has 0 radical (unpaired) electrons. The maximum Gasteiger partial charge on any atom is 0.114 e. The van der Waals surface area contributed by atoms with Gasteiger partial charge in [-0.2, -0.15) is 0 Å². The number of hydrogen-bond acceptors (Lipinski definition) is 2. The maximum absolute atomic E-state index is 6.01. The second kappa shape index (κ2) is 4.76. The Morgan fingerprint density at radius 1 is 1.05 bits per heavy atom. The van der Waals surface area contributed by atoms with Crippen molar-refractivity contribution in [2.24, 2.45) is 0 Å². The van der Waals surface area contributed by atoms with E-state index in [0.29, 0.717) is 0 Å². The predicted octanol–water partition coefficient (Wildman–Crippen LogP) is 3.23. The number of rotatable bonds is 3. The number of imidazole rings is 1. The van der Waals surface area contributed by atoms with Crippen LogP contribution in [0.25, 0.3) is 11.0 Å². The number of fused-ring (bicyclic) bond motifs is 1. The zero-order valence-corrected chi connectivity index (χ0v) is 11.0. The van der Waals surface area contributed by atoms with Crippen LogP contribution < -0.4 is 5.73 Å². The Bertz CT molecular complexity index is 699. The van der Waals surface area contributed by atoms with Crippen LogP contribution in [-0.4, -0.2) is 9.55 Å². The summed E-state index contributed by atoms with van der Waals surface area (Å²) in [6.07, 6.45) is 0.836. The van der Waals surface area contributed by atoms with Gasteiger partial charge in [0.1, 0.15) is 11.3 Å². The molecule has 0 unspecified atom stereocenters. The van der Waals surface area contributed by atoms with Gasteiger partial charge in [0.2, 0.25) is 0 Å². The van der Waals surface area contributed by atoms with E-state index in [1.807, 2.05) is 18.2 Å². The third kappa shape index (κ3) is 2.08. The molecule has 0 aliphatic carbocycles. The van der Waals surface area contributed by atoms with Gasteiger partial charge >= 0.3 is 0 Å². The lowest BCUT2D eigenvalue weighted by atomic mass is 10.1. The highest BCUT2D eigenvalue weighted by atomic mass is 15.1. The van der Waals surface area contributed by atoms with Gasteiger partial charge in [0.25, 0.3) is 0 Å². The number of nitrogens with two attached hydrogens (primary N) is 1. The van der Waals surface area contributed by atoms with Gasteiger partial charge in [-0.05, 0) is 24.6 Å². The molecule has 0 aliphatic rings. The molecule has 3 nitrogen and oxygen atoms in total. The predicted molar refractivity (Wildman–Crippen MR) is 79.1 cm³/mol. The van der Waals surface area contributed by atoms with Crippen molar-refractivity contribution in [1.29, 1.82) is 0 Å². The second-order valence-corrected chi connectivity index (χ2v) is 4.65. The van der Waals surface area contributed by atoms with Crippen LogP contribution in [0.3, 0.4) is 0 Å². The Morgan fingerprint density at radius 3 is 2.58 bits per heavy atom. The van der Waals surface area contributed by atoms with E-state index in [4.69, 9.17) is 10.7 Å². The van der Waals surface area contributed by atoms with Crippen molar-refractivity contribution in [2.75, 3.05) is 5.73 Å². The summed E-state index contributed by atoms with van der Waals surface area (Å²) in [6.45, 7) is 3.04. The van der Waals surface area contributed by atoms with E-state index in [0.717, 1.165) is 35.5 Å². The van der Waals surface area contributed by atoms with E-state index in [1.165, 1.54) is 5.56 Å². The Balaban J connectivity index is 2.11. The van der Waals surface area contributed by atoms with Gasteiger partial charge < -0.3 is 10.3 Å². The van der Waals surface area contributed by atoms with E-state index >= 15 is 0 Å². The van der Waals surface area contributed by atoms with Crippen molar-refractivity contribution in [3.05, 3.63) is 59.9 Å². The fourth-order valence-electron chi connectivity index (χ4n) is 2.48. The lowest BCUT2D eigenvalue weighted by Gasteiger charge is -2.06. The second-order valence-electron chi connectivity index (χ2n) is 4.65. The van der Waals surface area contributed by atoms with Gasteiger partial charge in [-0.25, -0.2) is 4.98 Å². The molecule has 0 bridgehead atoms. The zero-order valence-electron chi connectivity index (χ0n) is 11.0. The number of aromatic nitrogens is 2. The van der Waals surface area contributed by atoms with E-state index in [9.17, 15) is 0 Å². The molecule has 2 N–H and O–H groups in total. The zero-order chi connectivity index (χ0) is 13.2. The summed E-state index contributed by atoms with van der Waals surface area (Å²) in [5, 5.41) is 0. The first-order chi connectivity index (χ1) is 9.29. The number of nitrogen functional groups attached to an aromatic ring is 1. The lowest BCUT2D eigenvalue weighted by Crippen LogP contribution is -2.02. The highest BCUT2D eigenvalue weighted by Gasteiger charge is 2.11. The third-order valence-corrected chi connectivity index (χ3v) is 3.41. The quantitative estimate of drug-likeness (QED) is 0.726. The monoisotopic (exact) mass is 251 g/mol. The van der Waals surface area contributed by atoms with Gasteiger partial charge in [-0.3, -0.25) is 0 Å². The Hall–Kier alpha value is -2.29. The summed E-state index contributed by atoms with van der Waals surface area (Å²) in [5.41, 5.74) is 10.1. The fourth-order valence-corrected chi connectivity index (χ4v) is 2.48. The number of benzene rings is 2. The summed E-state index contributed by atoms with van der Waals surface area (Å²) >= 11 is 0. The van der Waals surface area contributed by atoms with E-state index in [1.54, 1.807) is 0 Å². The van der Waals surface area contributed by atoms with E-state index < -0.39 is 0 Å². The average molecular weight is 251 g/mol. The van der Waals surface area contributed by atoms with Crippen LogP contribution in [0.1, 0.15) is 18.3 Å². The summed E-state index contributed by atoms with van der Waals surface area (Å²) < 4.78 is 2.23. The molecule has 0 saturated heterocycles. The van der Waals surface area contributed by atoms with Crippen LogP contribution in [0.4, 0.5) is 5.69 Å². The van der Waals surface area contributed by atoms with Crippen molar-refractivity contribution in [2.45, 2.75) is 19.9 Å². The van der Waals surface area contributed by atoms with Crippen molar-refractivity contribution in [3.63, 3.8) is 0 Å². The van der Waals surface area contributed by atoms with Crippen molar-refractivity contribution in [1.82, 2.24) is 9.55 Å². The smallest absolute Gasteiger partial charge is 0.114 e. The first kappa shape index (κ1) is 11.8. The van der Waals surface area contributed by atoms with Crippen molar-refractivity contribution < 1.29 is 0 Å². The summed E-state index contributed by atoms with van der Waals surface area (Å²) in [5.74, 6) is 1.07. The standard InChI is InChI=1S/C16H17N3/c1-2-19-14-10-6-9-13(17)16(14)18-15(19)11-12-7-4-3-5-8-12/h3-10H,2,11,17H2,1H3. The van der Waals surface area contributed by atoms with Crippen LogP contribution in [0, 0.1) is 0 Å². The molecule has 3 heteroatoms. The maximum atomic E-state index is 6.01. The first-order valence-corrected chi connectivity index (χ1v) is 6.57. The SMILES string of the molecule is CCn1c(Cc2ccccc2)nc2c(N)cccc21. The highest BCUT2D eigenvalue weighted by Crippen LogP contribution is 2.23. The number of hydrogen-bond donors (Lipinski definition) is 1. The summed E-state index contributed by atoms with van der Waals surface area (Å²) in [6, 6.07) is 16.4. The minimum atomic E-state index is 0.749. The Morgan fingerprint density at radius 2 is 1.84 bits per heavy atom. The molecule has 0 amide bonds. The topological polar surface area (TPSA) is 43.8 Å². The molecule has 0 fully saturated rings. The molecule has 0 aliphatic heterocycles. The van der Waals surface area contributed by atoms with Crippen molar-refractivity contribution >= 4 is 16.7 Å². The summed E-state index contributed by atoms with van der Waals surface area (Å²) in [4.78, 5) is 4.72. The first-order valence-electron chi connectivity index (χ1n) is 6.57. The number of aryl methyl sites for hydroxylation is 1. The molecule has 19 heavy (non-hydrogen) atoms. The fraction of sp³-hybridized carbons (Fsp3) is 0.188. The third-order valence-electron chi connectivity index (χ3n) is 3.41. The molecular weight excluding hydrogens is 234 g/mol. The lowest BCUT2D eigenvalue weighted by molar-refractivity contribution is 0.733. The highest BCUT2D eigenvalue weighted by molar-refractivity contribution is 5.87. The molecule has 0 saturated carbocycles. The van der Waals surface area contributed by atoms with Crippen LogP contribution in [-0.2, 0) is 13.0 Å². The summed E-state index contributed by atoms with van der Waals surface area (Å²) in [7, 11) is 0. The Kier molecular flexibility index (Phi) is 2.95. The van der Waals surface area contributed by atoms with Gasteiger partial charge in [0, 0.05) is 13.0 Å². The van der Waals surface area contributed by atoms with Crippen LogP contribution in [0.5, 0.6) is 0 Å². The van der Waals surface area contributed by atoms with E-state index in [-0.39, 0.29) is 0 Å². The van der Waals surface area contributed by atoms with Crippen LogP contribution in [0.2, 0.25) is 0 Å². The molecular formula is C16H17N3. The molecule has 0 spiro atoms. The molecule has 3 aromatic rings. The van der Waals surface area contributed by atoms with Crippen LogP contribution >= 0.6 is 0 Å². The van der Waals surface area contributed by atoms with Gasteiger partial charge in [0.15, 0.2) is 0 Å². The molecule has 3 rings (SSSR count). The number of nitrogens with zero attached hydrogens (tertiary/aromatic N) is 2. The minimum absolute atomic E-state index is 0.749. The largest absolute Gasteiger partial charge is 0.397 e.